The molecule has 0 spiro atoms. The van der Waals surface area contributed by atoms with E-state index in [-0.39, 0.29) is 18.5 Å². The van der Waals surface area contributed by atoms with Crippen LogP contribution in [0.3, 0.4) is 0 Å². The van der Waals surface area contributed by atoms with Gasteiger partial charge in [-0.15, -0.1) is 0 Å². The second-order valence-electron chi connectivity index (χ2n) is 5.00. The van der Waals surface area contributed by atoms with E-state index in [1.165, 1.54) is 11.1 Å². The third-order valence-corrected chi connectivity index (χ3v) is 3.60. The van der Waals surface area contributed by atoms with E-state index in [9.17, 15) is 0 Å². The monoisotopic (exact) mass is 254 g/mol. The Bertz CT molecular complexity index is 550. The van der Waals surface area contributed by atoms with E-state index in [2.05, 4.69) is 26.0 Å². The molecule has 1 fully saturated rings. The number of hydrogen-bond acceptors (Lipinski definition) is 2. The highest BCUT2D eigenvalue weighted by molar-refractivity contribution is 5.29. The average Bonchev–Trinajstić information content (AvgIpc) is 2.82. The van der Waals surface area contributed by atoms with Crippen molar-refractivity contribution in [1.29, 1.82) is 0 Å². The van der Waals surface area contributed by atoms with Crippen LogP contribution in [0.15, 0.2) is 54.6 Å². The van der Waals surface area contributed by atoms with Crippen LogP contribution in [0.25, 0.3) is 0 Å². The van der Waals surface area contributed by atoms with E-state index in [4.69, 9.17) is 9.47 Å². The Morgan fingerprint density at radius 2 is 1.53 bits per heavy atom. The largest absolute Gasteiger partial charge is 0.342 e. The molecule has 3 rings (SSSR count). The summed E-state index contributed by atoms with van der Waals surface area (Å²) < 4.78 is 12.1. The third kappa shape index (κ3) is 2.42. The van der Waals surface area contributed by atoms with Crippen molar-refractivity contribution in [3.05, 3.63) is 71.3 Å². The highest BCUT2D eigenvalue weighted by Crippen LogP contribution is 2.40. The zero-order chi connectivity index (χ0) is 13.2. The lowest BCUT2D eigenvalue weighted by atomic mass is 10.0. The van der Waals surface area contributed by atoms with E-state index in [0.29, 0.717) is 0 Å². The Labute approximate surface area is 114 Å². The second-order valence-corrected chi connectivity index (χ2v) is 5.00. The van der Waals surface area contributed by atoms with Gasteiger partial charge in [-0.2, -0.15) is 0 Å². The van der Waals surface area contributed by atoms with Gasteiger partial charge in [0, 0.05) is 5.56 Å². The van der Waals surface area contributed by atoms with E-state index in [1.54, 1.807) is 0 Å². The molecule has 2 nitrogen and oxygen atoms in total. The van der Waals surface area contributed by atoms with Gasteiger partial charge >= 0.3 is 0 Å². The number of ether oxygens (including phenoxy) is 2. The Morgan fingerprint density at radius 3 is 2.26 bits per heavy atom. The number of benzene rings is 2. The minimum absolute atomic E-state index is 0.00593. The maximum absolute atomic E-state index is 6.10. The Kier molecular flexibility index (Phi) is 3.36. The van der Waals surface area contributed by atoms with Gasteiger partial charge in [-0.25, -0.2) is 0 Å². The predicted molar refractivity (Wildman–Crippen MR) is 74.7 cm³/mol. The van der Waals surface area contributed by atoms with Crippen LogP contribution in [-0.2, 0) is 9.47 Å². The molecule has 1 aliphatic heterocycles. The summed E-state index contributed by atoms with van der Waals surface area (Å²) >= 11 is 0. The summed E-state index contributed by atoms with van der Waals surface area (Å²) in [5, 5.41) is 0. The second kappa shape index (κ2) is 5.16. The zero-order valence-electron chi connectivity index (χ0n) is 11.2. The van der Waals surface area contributed by atoms with Crippen LogP contribution in [0, 0.1) is 6.92 Å². The molecule has 1 saturated heterocycles. The molecule has 2 aromatic rings. The first-order valence-electron chi connectivity index (χ1n) is 6.67. The Hall–Kier alpha value is -1.64. The molecule has 1 aliphatic rings. The fourth-order valence-corrected chi connectivity index (χ4v) is 2.54. The lowest BCUT2D eigenvalue weighted by Crippen LogP contribution is -2.11. The van der Waals surface area contributed by atoms with Crippen molar-refractivity contribution in [2.75, 3.05) is 0 Å². The third-order valence-electron chi connectivity index (χ3n) is 3.60. The van der Waals surface area contributed by atoms with Gasteiger partial charge in [-0.05, 0) is 25.0 Å². The average molecular weight is 254 g/mol. The summed E-state index contributed by atoms with van der Waals surface area (Å²) in [7, 11) is 0. The highest BCUT2D eigenvalue weighted by atomic mass is 16.7. The van der Waals surface area contributed by atoms with Crippen molar-refractivity contribution >= 4 is 0 Å². The molecule has 0 amide bonds. The first-order chi connectivity index (χ1) is 9.25. The summed E-state index contributed by atoms with van der Waals surface area (Å²) in [6.45, 7) is 4.18. The summed E-state index contributed by atoms with van der Waals surface area (Å²) in [5.41, 5.74) is 3.54. The van der Waals surface area contributed by atoms with E-state index in [1.807, 2.05) is 42.5 Å². The molecule has 0 aromatic heterocycles. The number of aryl methyl sites for hydroxylation is 1. The van der Waals surface area contributed by atoms with Gasteiger partial charge in [0.2, 0.25) is 0 Å². The van der Waals surface area contributed by atoms with Crippen molar-refractivity contribution in [1.82, 2.24) is 0 Å². The first-order valence-corrected chi connectivity index (χ1v) is 6.67. The number of rotatable bonds is 2. The molecular weight excluding hydrogens is 236 g/mol. The van der Waals surface area contributed by atoms with Gasteiger partial charge in [-0.3, -0.25) is 0 Å². The van der Waals surface area contributed by atoms with Crippen molar-refractivity contribution < 1.29 is 9.47 Å². The molecule has 2 heteroatoms. The van der Waals surface area contributed by atoms with E-state index >= 15 is 0 Å². The molecule has 1 heterocycles. The van der Waals surface area contributed by atoms with Gasteiger partial charge in [0.05, 0.1) is 6.10 Å². The molecular formula is C17H18O2. The van der Waals surface area contributed by atoms with Crippen molar-refractivity contribution in [2.45, 2.75) is 32.3 Å². The van der Waals surface area contributed by atoms with E-state index in [0.717, 1.165) is 5.56 Å². The van der Waals surface area contributed by atoms with Crippen LogP contribution in [0.2, 0.25) is 0 Å². The van der Waals surface area contributed by atoms with Gasteiger partial charge in [0.1, 0.15) is 6.10 Å². The van der Waals surface area contributed by atoms with Crippen LogP contribution < -0.4 is 0 Å². The van der Waals surface area contributed by atoms with Crippen molar-refractivity contribution in [2.24, 2.45) is 0 Å². The SMILES string of the molecule is Cc1ccccc1C1OC(c2ccccc2)OC1C. The Morgan fingerprint density at radius 1 is 0.842 bits per heavy atom. The van der Waals surface area contributed by atoms with Crippen LogP contribution in [0.1, 0.15) is 36.0 Å². The van der Waals surface area contributed by atoms with Crippen LogP contribution in [0.5, 0.6) is 0 Å². The molecule has 0 bridgehead atoms. The van der Waals surface area contributed by atoms with Crippen LogP contribution >= 0.6 is 0 Å². The van der Waals surface area contributed by atoms with E-state index < -0.39 is 0 Å². The minimum atomic E-state index is -0.263. The topological polar surface area (TPSA) is 18.5 Å². The molecule has 3 unspecified atom stereocenters. The predicted octanol–water partition coefficient (Wildman–Crippen LogP) is 4.17. The summed E-state index contributed by atoms with van der Waals surface area (Å²) in [6, 6.07) is 18.4. The zero-order valence-corrected chi connectivity index (χ0v) is 11.2. The van der Waals surface area contributed by atoms with Crippen LogP contribution in [0.4, 0.5) is 0 Å². The highest BCUT2D eigenvalue weighted by Gasteiger charge is 2.35. The summed E-state index contributed by atoms with van der Waals surface area (Å²) in [5.74, 6) is 0. The maximum Gasteiger partial charge on any atom is 0.185 e. The van der Waals surface area contributed by atoms with Gasteiger partial charge in [-0.1, -0.05) is 54.6 Å². The normalized spacial score (nSPS) is 26.5. The molecule has 0 radical (unpaired) electrons. The summed E-state index contributed by atoms with van der Waals surface area (Å²) in [4.78, 5) is 0. The number of hydrogen-bond donors (Lipinski definition) is 0. The minimum Gasteiger partial charge on any atom is -0.342 e. The standard InChI is InChI=1S/C17H18O2/c1-12-8-6-7-11-15(12)16-13(2)18-17(19-16)14-9-4-3-5-10-14/h3-11,13,16-17H,1-2H3. The Balaban J connectivity index is 1.85. The molecule has 0 aliphatic carbocycles. The lowest BCUT2D eigenvalue weighted by molar-refractivity contribution is -0.0677. The van der Waals surface area contributed by atoms with Gasteiger partial charge in [0.15, 0.2) is 6.29 Å². The lowest BCUT2D eigenvalue weighted by Gasteiger charge is -2.15. The van der Waals surface area contributed by atoms with Gasteiger partial charge < -0.3 is 9.47 Å². The molecule has 0 N–H and O–H groups in total. The van der Waals surface area contributed by atoms with Crippen molar-refractivity contribution in [3.63, 3.8) is 0 Å². The molecule has 0 saturated carbocycles. The van der Waals surface area contributed by atoms with Crippen LogP contribution in [-0.4, -0.2) is 6.10 Å². The molecule has 19 heavy (non-hydrogen) atoms. The molecule has 2 aromatic carbocycles. The molecule has 98 valence electrons. The quantitative estimate of drug-likeness (QED) is 0.800. The maximum atomic E-state index is 6.10. The fraction of sp³-hybridized carbons (Fsp3) is 0.294. The van der Waals surface area contributed by atoms with Gasteiger partial charge in [0.25, 0.3) is 0 Å². The van der Waals surface area contributed by atoms with Crippen molar-refractivity contribution in [3.8, 4) is 0 Å². The first kappa shape index (κ1) is 12.4. The fourth-order valence-electron chi connectivity index (χ4n) is 2.54. The summed E-state index contributed by atoms with van der Waals surface area (Å²) in [6.07, 6.45) is -0.196. The smallest absolute Gasteiger partial charge is 0.185 e. The molecule has 3 atom stereocenters.